The average molecular weight is 318 g/mol. The van der Waals surface area contributed by atoms with Crippen molar-refractivity contribution in [2.75, 3.05) is 0 Å². The summed E-state index contributed by atoms with van der Waals surface area (Å²) in [5, 5.41) is 11.4. The van der Waals surface area contributed by atoms with Crippen LogP contribution in [0.5, 0.6) is 0 Å². The van der Waals surface area contributed by atoms with E-state index in [0.29, 0.717) is 18.1 Å². The third-order valence-electron chi connectivity index (χ3n) is 4.36. The maximum absolute atomic E-state index is 5.12. The van der Waals surface area contributed by atoms with Gasteiger partial charge >= 0.3 is 0 Å². The molecule has 1 aromatic carbocycles. The molecule has 1 aliphatic heterocycles. The molecule has 1 aliphatic rings. The molecule has 24 heavy (non-hydrogen) atoms. The van der Waals surface area contributed by atoms with Crippen LogP contribution < -0.4 is 0 Å². The van der Waals surface area contributed by atoms with Gasteiger partial charge in [0.2, 0.25) is 11.7 Å². The van der Waals surface area contributed by atoms with Gasteiger partial charge in [0.1, 0.15) is 12.0 Å². The first kappa shape index (κ1) is 13.2. The molecule has 0 amide bonds. The topological polar surface area (TPSA) is 85.4 Å². The predicted molar refractivity (Wildman–Crippen MR) is 86.7 cm³/mol. The van der Waals surface area contributed by atoms with Crippen LogP contribution >= 0.6 is 0 Å². The molecule has 7 nitrogen and oxygen atoms in total. The molecule has 0 aliphatic carbocycles. The van der Waals surface area contributed by atoms with Gasteiger partial charge in [-0.25, -0.2) is 4.98 Å². The molecule has 4 heterocycles. The summed E-state index contributed by atoms with van der Waals surface area (Å²) in [6, 6.07) is 6.37. The van der Waals surface area contributed by atoms with Crippen molar-refractivity contribution in [1.29, 1.82) is 0 Å². The highest BCUT2D eigenvalue weighted by atomic mass is 16.5. The Morgan fingerprint density at radius 1 is 1.25 bits per heavy atom. The molecule has 0 saturated carbocycles. The second kappa shape index (κ2) is 4.64. The average Bonchev–Trinajstić information content (AvgIpc) is 3.27. The van der Waals surface area contributed by atoms with Gasteiger partial charge in [-0.1, -0.05) is 16.8 Å². The maximum atomic E-state index is 5.12. The Bertz CT molecular complexity index is 1070. The van der Waals surface area contributed by atoms with Crippen LogP contribution in [0.1, 0.15) is 22.7 Å². The highest BCUT2D eigenvalue weighted by Gasteiger charge is 2.25. The van der Waals surface area contributed by atoms with E-state index in [2.05, 4.69) is 55.0 Å². The van der Waals surface area contributed by atoms with Crippen molar-refractivity contribution in [1.82, 2.24) is 29.9 Å². The number of nitrogens with one attached hydrogen (secondary N) is 1. The lowest BCUT2D eigenvalue weighted by molar-refractivity contribution is 0.394. The number of hydrogen-bond donors (Lipinski definition) is 1. The van der Waals surface area contributed by atoms with Crippen LogP contribution in [0, 0.1) is 13.8 Å². The number of rotatable bonds is 1. The van der Waals surface area contributed by atoms with E-state index in [1.54, 1.807) is 6.92 Å². The number of aromatic nitrogens is 6. The molecule has 5 rings (SSSR count). The zero-order valence-electron chi connectivity index (χ0n) is 13.2. The minimum atomic E-state index is 0.516. The Labute approximate surface area is 137 Å². The van der Waals surface area contributed by atoms with E-state index in [1.807, 2.05) is 12.5 Å². The van der Waals surface area contributed by atoms with Gasteiger partial charge in [0.25, 0.3) is 0 Å². The fraction of sp³-hybridized carbons (Fsp3) is 0.176. The summed E-state index contributed by atoms with van der Waals surface area (Å²) < 4.78 is 7.22. The Morgan fingerprint density at radius 2 is 2.17 bits per heavy atom. The van der Waals surface area contributed by atoms with Crippen molar-refractivity contribution in [3.63, 3.8) is 0 Å². The molecule has 1 N–H and O–H groups in total. The van der Waals surface area contributed by atoms with Crippen LogP contribution in [-0.4, -0.2) is 29.9 Å². The normalized spacial score (nSPS) is 12.4. The monoisotopic (exact) mass is 318 g/mol. The third-order valence-corrected chi connectivity index (χ3v) is 4.36. The zero-order valence-corrected chi connectivity index (χ0v) is 13.2. The van der Waals surface area contributed by atoms with E-state index in [4.69, 9.17) is 4.52 Å². The minimum Gasteiger partial charge on any atom is -0.339 e. The second-order valence-electron chi connectivity index (χ2n) is 6.01. The van der Waals surface area contributed by atoms with Crippen LogP contribution in [0.25, 0.3) is 28.5 Å². The number of fused-ring (bicyclic) bond motifs is 5. The summed E-state index contributed by atoms with van der Waals surface area (Å²) in [6.45, 7) is 3.86. The van der Waals surface area contributed by atoms with Gasteiger partial charge in [-0.3, -0.25) is 5.10 Å². The number of nitrogens with zero attached hydrogens (tertiary/aromatic N) is 5. The molecule has 0 saturated heterocycles. The van der Waals surface area contributed by atoms with Gasteiger partial charge in [-0.15, -0.1) is 0 Å². The van der Waals surface area contributed by atoms with Crippen LogP contribution in [-0.2, 0) is 6.42 Å². The van der Waals surface area contributed by atoms with Crippen LogP contribution in [0.15, 0.2) is 35.2 Å². The zero-order chi connectivity index (χ0) is 16.3. The van der Waals surface area contributed by atoms with Crippen LogP contribution in [0.3, 0.4) is 0 Å². The lowest BCUT2D eigenvalue weighted by Crippen LogP contribution is -2.00. The summed E-state index contributed by atoms with van der Waals surface area (Å²) in [5.74, 6) is 1.04. The number of hydrogen-bond acceptors (Lipinski definition) is 5. The summed E-state index contributed by atoms with van der Waals surface area (Å²) >= 11 is 0. The first-order valence-corrected chi connectivity index (χ1v) is 7.71. The van der Waals surface area contributed by atoms with Gasteiger partial charge in [0.05, 0.1) is 23.3 Å². The Balaban J connectivity index is 1.81. The summed E-state index contributed by atoms with van der Waals surface area (Å²) in [7, 11) is 0. The maximum Gasteiger partial charge on any atom is 0.223 e. The van der Waals surface area contributed by atoms with Crippen LogP contribution in [0.2, 0.25) is 0 Å². The minimum absolute atomic E-state index is 0.516. The van der Waals surface area contributed by atoms with E-state index in [1.165, 1.54) is 5.56 Å². The first-order valence-electron chi connectivity index (χ1n) is 7.71. The molecule has 3 aromatic heterocycles. The molecule has 4 aromatic rings. The Kier molecular flexibility index (Phi) is 2.56. The largest absolute Gasteiger partial charge is 0.339 e. The van der Waals surface area contributed by atoms with E-state index < -0.39 is 0 Å². The SMILES string of the molecule is Cc1ccc2c(c1)-c1[nH]ncc1Cc1c(-c3noc(C)n3)ncn1-2. The van der Waals surface area contributed by atoms with Gasteiger partial charge in [0.15, 0.2) is 0 Å². The van der Waals surface area contributed by atoms with Crippen molar-refractivity contribution in [2.45, 2.75) is 20.3 Å². The van der Waals surface area contributed by atoms with E-state index in [0.717, 1.165) is 33.9 Å². The number of imidazole rings is 1. The number of benzene rings is 1. The molecular weight excluding hydrogens is 304 g/mol. The highest BCUT2D eigenvalue weighted by molar-refractivity contribution is 5.76. The number of H-pyrrole nitrogens is 1. The predicted octanol–water partition coefficient (Wildman–Crippen LogP) is 2.83. The van der Waals surface area contributed by atoms with Gasteiger partial charge in [-0.2, -0.15) is 10.1 Å². The van der Waals surface area contributed by atoms with Crippen molar-refractivity contribution in [2.24, 2.45) is 0 Å². The van der Waals surface area contributed by atoms with E-state index >= 15 is 0 Å². The number of aryl methyl sites for hydroxylation is 2. The molecule has 0 atom stereocenters. The van der Waals surface area contributed by atoms with Crippen molar-refractivity contribution in [3.05, 3.63) is 53.4 Å². The van der Waals surface area contributed by atoms with Crippen molar-refractivity contribution >= 4 is 0 Å². The fourth-order valence-corrected chi connectivity index (χ4v) is 3.25. The lowest BCUT2D eigenvalue weighted by atomic mass is 10.0. The fourth-order valence-electron chi connectivity index (χ4n) is 3.25. The standard InChI is InChI=1S/C17H14N6O/c1-9-3-4-13-12(5-9)15-11(7-19-21-15)6-14-16(18-8-23(13)14)17-20-10(2)24-22-17/h3-5,7-8H,6H2,1-2H3,(H,19,21). The van der Waals surface area contributed by atoms with Crippen molar-refractivity contribution < 1.29 is 4.52 Å². The molecule has 118 valence electrons. The summed E-state index contributed by atoms with van der Waals surface area (Å²) in [5.41, 5.74) is 7.34. The third kappa shape index (κ3) is 1.78. The molecular formula is C17H14N6O. The van der Waals surface area contributed by atoms with Crippen LogP contribution in [0.4, 0.5) is 0 Å². The van der Waals surface area contributed by atoms with E-state index in [9.17, 15) is 0 Å². The second-order valence-corrected chi connectivity index (χ2v) is 6.01. The molecule has 0 bridgehead atoms. The van der Waals surface area contributed by atoms with E-state index in [-0.39, 0.29) is 0 Å². The van der Waals surface area contributed by atoms with Gasteiger partial charge < -0.3 is 9.09 Å². The van der Waals surface area contributed by atoms with Crippen molar-refractivity contribution in [3.8, 4) is 28.5 Å². The molecule has 0 spiro atoms. The molecule has 0 radical (unpaired) electrons. The lowest BCUT2D eigenvalue weighted by Gasteiger charge is -2.10. The summed E-state index contributed by atoms with van der Waals surface area (Å²) in [4.78, 5) is 8.88. The smallest absolute Gasteiger partial charge is 0.223 e. The summed E-state index contributed by atoms with van der Waals surface area (Å²) in [6.07, 6.45) is 4.39. The molecule has 7 heteroatoms. The van der Waals surface area contributed by atoms with Gasteiger partial charge in [0, 0.05) is 24.5 Å². The Morgan fingerprint density at radius 3 is 3.00 bits per heavy atom. The highest BCUT2D eigenvalue weighted by Crippen LogP contribution is 2.36. The quantitative estimate of drug-likeness (QED) is 0.513. The molecule has 0 unspecified atom stereocenters. The molecule has 0 fully saturated rings. The van der Waals surface area contributed by atoms with Gasteiger partial charge in [-0.05, 0) is 19.1 Å². The number of aromatic amines is 1. The first-order chi connectivity index (χ1) is 11.7. The Hall–Kier alpha value is -3.22.